The van der Waals surface area contributed by atoms with Crippen LogP contribution in [-0.4, -0.2) is 19.9 Å². The first-order chi connectivity index (χ1) is 7.79. The molecule has 0 aliphatic heterocycles. The Bertz CT molecular complexity index is 425. The van der Waals surface area contributed by atoms with Crippen LogP contribution >= 0.6 is 0 Å². The molecular formula is C10H12FN5. The van der Waals surface area contributed by atoms with E-state index in [-0.39, 0.29) is 6.04 Å². The van der Waals surface area contributed by atoms with Gasteiger partial charge in [0.1, 0.15) is 5.82 Å². The molecule has 0 saturated carbocycles. The van der Waals surface area contributed by atoms with Crippen LogP contribution in [0.4, 0.5) is 10.3 Å². The molecule has 2 rings (SSSR count). The first-order valence-electron chi connectivity index (χ1n) is 5.03. The van der Waals surface area contributed by atoms with Crippen LogP contribution in [-0.2, 0) is 0 Å². The zero-order valence-corrected chi connectivity index (χ0v) is 8.81. The minimum atomic E-state index is -0.448. The number of H-pyrrole nitrogens is 1. The van der Waals surface area contributed by atoms with Crippen LogP contribution in [0.15, 0.2) is 24.8 Å². The summed E-state index contributed by atoms with van der Waals surface area (Å²) in [5.41, 5.74) is 0. The Kier molecular flexibility index (Phi) is 3.09. The number of nitrogens with zero attached hydrogens (tertiary/aromatic N) is 3. The topological polar surface area (TPSA) is 66.5 Å². The molecule has 0 aliphatic carbocycles. The van der Waals surface area contributed by atoms with Crippen LogP contribution in [0.3, 0.4) is 0 Å². The third kappa shape index (κ3) is 2.33. The molecule has 2 aromatic rings. The number of hydrogen-bond donors (Lipinski definition) is 2. The molecule has 0 spiro atoms. The number of rotatable bonds is 4. The standard InChI is InChI=1S/C10H12FN5/c1-2-8(9-12-3-4-13-9)16-10-14-5-7(11)6-15-10/h3-6,8H,2H2,1H3,(H,12,13)(H,14,15,16). The number of anilines is 1. The molecule has 2 aromatic heterocycles. The van der Waals surface area contributed by atoms with Crippen molar-refractivity contribution in [3.63, 3.8) is 0 Å². The molecule has 0 fully saturated rings. The van der Waals surface area contributed by atoms with Crippen LogP contribution in [0.25, 0.3) is 0 Å². The summed E-state index contributed by atoms with van der Waals surface area (Å²) in [5, 5.41) is 3.08. The molecule has 1 unspecified atom stereocenters. The second kappa shape index (κ2) is 4.69. The summed E-state index contributed by atoms with van der Waals surface area (Å²) in [7, 11) is 0. The quantitative estimate of drug-likeness (QED) is 0.827. The lowest BCUT2D eigenvalue weighted by Gasteiger charge is -2.13. The van der Waals surface area contributed by atoms with Crippen molar-refractivity contribution >= 4 is 5.95 Å². The van der Waals surface area contributed by atoms with E-state index in [1.165, 1.54) is 0 Å². The van der Waals surface area contributed by atoms with E-state index in [0.29, 0.717) is 5.95 Å². The maximum atomic E-state index is 12.6. The molecule has 0 radical (unpaired) electrons. The molecule has 2 heterocycles. The highest BCUT2D eigenvalue weighted by atomic mass is 19.1. The van der Waals surface area contributed by atoms with Crippen LogP contribution in [0, 0.1) is 5.82 Å². The maximum Gasteiger partial charge on any atom is 0.223 e. The number of nitrogens with one attached hydrogen (secondary N) is 2. The zero-order chi connectivity index (χ0) is 11.4. The molecule has 0 bridgehead atoms. The smallest absolute Gasteiger partial charge is 0.223 e. The molecule has 84 valence electrons. The van der Waals surface area contributed by atoms with E-state index in [1.807, 2.05) is 6.92 Å². The third-order valence-electron chi connectivity index (χ3n) is 2.18. The molecule has 1 atom stereocenters. The fraction of sp³-hybridized carbons (Fsp3) is 0.300. The Morgan fingerprint density at radius 2 is 2.12 bits per heavy atom. The van der Waals surface area contributed by atoms with Gasteiger partial charge in [0.15, 0.2) is 5.82 Å². The molecule has 5 nitrogen and oxygen atoms in total. The predicted molar refractivity (Wildman–Crippen MR) is 57.2 cm³/mol. The lowest BCUT2D eigenvalue weighted by molar-refractivity contribution is 0.612. The molecule has 0 aliphatic rings. The summed E-state index contributed by atoms with van der Waals surface area (Å²) in [5.74, 6) is 0.761. The molecule has 2 N–H and O–H groups in total. The van der Waals surface area contributed by atoms with Crippen LogP contribution in [0.2, 0.25) is 0 Å². The van der Waals surface area contributed by atoms with Gasteiger partial charge in [0.05, 0.1) is 18.4 Å². The number of aromatic nitrogens is 4. The fourth-order valence-corrected chi connectivity index (χ4v) is 1.37. The first kappa shape index (κ1) is 10.5. The Labute approximate surface area is 92.2 Å². The molecular weight excluding hydrogens is 209 g/mol. The van der Waals surface area contributed by atoms with Gasteiger partial charge < -0.3 is 10.3 Å². The van der Waals surface area contributed by atoms with Crippen LogP contribution < -0.4 is 5.32 Å². The zero-order valence-electron chi connectivity index (χ0n) is 8.81. The van der Waals surface area contributed by atoms with E-state index in [9.17, 15) is 4.39 Å². The van der Waals surface area contributed by atoms with Crippen molar-refractivity contribution in [3.8, 4) is 0 Å². The van der Waals surface area contributed by atoms with Gasteiger partial charge in [-0.3, -0.25) is 0 Å². The molecule has 0 amide bonds. The first-order valence-corrected chi connectivity index (χ1v) is 5.03. The van der Waals surface area contributed by atoms with Gasteiger partial charge >= 0.3 is 0 Å². The summed E-state index contributed by atoms with van der Waals surface area (Å²) in [6, 6.07) is 0.000427. The summed E-state index contributed by atoms with van der Waals surface area (Å²) in [6.45, 7) is 2.02. The van der Waals surface area contributed by atoms with Crippen LogP contribution in [0.1, 0.15) is 25.2 Å². The van der Waals surface area contributed by atoms with E-state index in [4.69, 9.17) is 0 Å². The average Bonchev–Trinajstić information content (AvgIpc) is 2.82. The fourth-order valence-electron chi connectivity index (χ4n) is 1.37. The van der Waals surface area contributed by atoms with Gasteiger partial charge in [-0.15, -0.1) is 0 Å². The van der Waals surface area contributed by atoms with Gasteiger partial charge in [-0.2, -0.15) is 0 Å². The maximum absolute atomic E-state index is 12.6. The minimum absolute atomic E-state index is 0.000427. The minimum Gasteiger partial charge on any atom is -0.347 e. The highest BCUT2D eigenvalue weighted by Crippen LogP contribution is 2.16. The van der Waals surface area contributed by atoms with Gasteiger partial charge in [0.2, 0.25) is 5.95 Å². The van der Waals surface area contributed by atoms with Crippen molar-refractivity contribution in [3.05, 3.63) is 36.4 Å². The van der Waals surface area contributed by atoms with Gasteiger partial charge in [-0.1, -0.05) is 6.92 Å². The third-order valence-corrected chi connectivity index (χ3v) is 2.18. The Morgan fingerprint density at radius 1 is 1.38 bits per heavy atom. The second-order valence-corrected chi connectivity index (χ2v) is 3.30. The van der Waals surface area contributed by atoms with Gasteiger partial charge in [-0.05, 0) is 6.42 Å². The van der Waals surface area contributed by atoms with Crippen molar-refractivity contribution in [2.75, 3.05) is 5.32 Å². The Hall–Kier alpha value is -1.98. The number of aromatic amines is 1. The van der Waals surface area contributed by atoms with E-state index in [1.54, 1.807) is 12.4 Å². The van der Waals surface area contributed by atoms with E-state index < -0.39 is 5.82 Å². The van der Waals surface area contributed by atoms with Crippen molar-refractivity contribution in [1.82, 2.24) is 19.9 Å². The summed E-state index contributed by atoms with van der Waals surface area (Å²) in [6.07, 6.45) is 6.53. The molecule has 6 heteroatoms. The predicted octanol–water partition coefficient (Wildman–Crippen LogP) is 1.90. The van der Waals surface area contributed by atoms with Crippen molar-refractivity contribution in [2.45, 2.75) is 19.4 Å². The lowest BCUT2D eigenvalue weighted by atomic mass is 10.2. The monoisotopic (exact) mass is 221 g/mol. The Morgan fingerprint density at radius 3 is 2.69 bits per heavy atom. The van der Waals surface area contributed by atoms with E-state index in [2.05, 4.69) is 25.3 Å². The lowest BCUT2D eigenvalue weighted by Crippen LogP contribution is -2.13. The van der Waals surface area contributed by atoms with Crippen molar-refractivity contribution in [2.24, 2.45) is 0 Å². The second-order valence-electron chi connectivity index (χ2n) is 3.30. The summed E-state index contributed by atoms with van der Waals surface area (Å²) in [4.78, 5) is 14.8. The normalized spacial score (nSPS) is 12.4. The summed E-state index contributed by atoms with van der Waals surface area (Å²) < 4.78 is 12.6. The average molecular weight is 221 g/mol. The van der Waals surface area contributed by atoms with Crippen LogP contribution in [0.5, 0.6) is 0 Å². The molecule has 0 aromatic carbocycles. The van der Waals surface area contributed by atoms with Crippen molar-refractivity contribution < 1.29 is 4.39 Å². The van der Waals surface area contributed by atoms with Gasteiger partial charge in [0.25, 0.3) is 0 Å². The SMILES string of the molecule is CCC(Nc1ncc(F)cn1)c1ncc[nH]1. The van der Waals surface area contributed by atoms with E-state index in [0.717, 1.165) is 24.6 Å². The highest BCUT2D eigenvalue weighted by molar-refractivity contribution is 5.26. The number of halogens is 1. The van der Waals surface area contributed by atoms with Crippen molar-refractivity contribution in [1.29, 1.82) is 0 Å². The largest absolute Gasteiger partial charge is 0.347 e. The van der Waals surface area contributed by atoms with E-state index >= 15 is 0 Å². The van der Waals surface area contributed by atoms with Gasteiger partial charge in [0, 0.05) is 12.4 Å². The number of imidazole rings is 1. The Balaban J connectivity index is 2.10. The highest BCUT2D eigenvalue weighted by Gasteiger charge is 2.12. The molecule has 16 heavy (non-hydrogen) atoms. The molecule has 0 saturated heterocycles. The summed E-state index contributed by atoms with van der Waals surface area (Å²) >= 11 is 0. The number of hydrogen-bond acceptors (Lipinski definition) is 4. The van der Waals surface area contributed by atoms with Gasteiger partial charge in [-0.25, -0.2) is 19.3 Å².